The van der Waals surface area contributed by atoms with Crippen LogP contribution < -0.4 is 0 Å². The molecule has 1 rings (SSSR count). The van der Waals surface area contributed by atoms with E-state index >= 15 is 0 Å². The van der Waals surface area contributed by atoms with Gasteiger partial charge < -0.3 is 10.2 Å². The van der Waals surface area contributed by atoms with Crippen molar-refractivity contribution >= 4 is 18.7 Å². The topological polar surface area (TPSA) is 91.7 Å². The number of benzene rings is 1. The first-order chi connectivity index (χ1) is 6.60. The van der Waals surface area contributed by atoms with Gasteiger partial charge in [-0.2, -0.15) is 0 Å². The van der Waals surface area contributed by atoms with Crippen molar-refractivity contribution in [2.45, 2.75) is 0 Å². The first-order valence-corrected chi connectivity index (χ1v) is 3.38. The molecule has 0 aliphatic rings. The standard InChI is InChI=1S/C8H4O2.CH2O3/c9-5-7-1-2-8(6-10)4-3-7;2-1(3)4/h1-4H;(H2,2,3,4). The summed E-state index contributed by atoms with van der Waals surface area (Å²) in [5.74, 6) is 0. The van der Waals surface area contributed by atoms with Gasteiger partial charge in [-0.05, 0) is 0 Å². The summed E-state index contributed by atoms with van der Waals surface area (Å²) in [7, 11) is 0. The van der Waals surface area contributed by atoms with Crippen LogP contribution in [-0.2, 0) is 9.59 Å². The Balaban J connectivity index is 0.000000364. The number of hydrogen-bond donors (Lipinski definition) is 2. The Morgan fingerprint density at radius 1 is 0.929 bits per heavy atom. The Hall–Kier alpha value is -2.17. The molecule has 0 bridgehead atoms. The highest BCUT2D eigenvalue weighted by Gasteiger charge is 1.90. The summed E-state index contributed by atoms with van der Waals surface area (Å²) in [4.78, 5) is 28.5. The summed E-state index contributed by atoms with van der Waals surface area (Å²) in [5.41, 5.74) is 0.887. The van der Waals surface area contributed by atoms with Crippen LogP contribution in [0, 0.1) is 0 Å². The second kappa shape index (κ2) is 6.36. The highest BCUT2D eigenvalue weighted by Crippen LogP contribution is 1.98. The van der Waals surface area contributed by atoms with E-state index in [0.717, 1.165) is 0 Å². The first kappa shape index (κ1) is 11.8. The van der Waals surface area contributed by atoms with Gasteiger partial charge in [0.15, 0.2) is 0 Å². The Kier molecular flexibility index (Phi) is 5.37. The lowest BCUT2D eigenvalue weighted by Gasteiger charge is -1.87. The van der Waals surface area contributed by atoms with Gasteiger partial charge in [-0.1, -0.05) is 24.3 Å². The van der Waals surface area contributed by atoms with E-state index in [1.54, 1.807) is 12.6 Å². The third kappa shape index (κ3) is 5.48. The van der Waals surface area contributed by atoms with Gasteiger partial charge in [-0.25, -0.2) is 4.79 Å². The molecule has 0 saturated heterocycles. The highest BCUT2D eigenvalue weighted by atomic mass is 16.6. The molecule has 0 aliphatic heterocycles. The van der Waals surface area contributed by atoms with E-state index in [9.17, 15) is 9.59 Å². The van der Waals surface area contributed by atoms with Crippen molar-refractivity contribution in [1.29, 1.82) is 0 Å². The summed E-state index contributed by atoms with van der Waals surface area (Å²) in [6.07, 6.45) is 1.56. The van der Waals surface area contributed by atoms with Crippen LogP contribution >= 0.6 is 0 Å². The van der Waals surface area contributed by atoms with Crippen LogP contribution in [0.4, 0.5) is 4.79 Å². The maximum atomic E-state index is 9.98. The molecule has 0 heterocycles. The minimum absolute atomic E-state index is 0.444. The van der Waals surface area contributed by atoms with E-state index in [1.165, 1.54) is 24.3 Å². The zero-order valence-corrected chi connectivity index (χ0v) is 6.93. The molecule has 1 aromatic carbocycles. The van der Waals surface area contributed by atoms with E-state index in [4.69, 9.17) is 15.0 Å². The molecule has 0 aliphatic carbocycles. The fourth-order valence-corrected chi connectivity index (χ4v) is 0.606. The summed E-state index contributed by atoms with van der Waals surface area (Å²) in [5, 5.41) is 13.9. The first-order valence-electron chi connectivity index (χ1n) is 3.38. The number of carbonyl (C=O) groups excluding carboxylic acids is 2. The van der Waals surface area contributed by atoms with Crippen LogP contribution in [0.2, 0.25) is 0 Å². The Bertz CT molecular complexity index is 283. The van der Waals surface area contributed by atoms with E-state index in [1.807, 2.05) is 0 Å². The fourth-order valence-electron chi connectivity index (χ4n) is 0.606. The Morgan fingerprint density at radius 2 is 1.14 bits per heavy atom. The zero-order valence-electron chi connectivity index (χ0n) is 6.93. The molecule has 0 saturated carbocycles. The molecular weight excluding hydrogens is 188 g/mol. The van der Waals surface area contributed by atoms with Gasteiger partial charge >= 0.3 is 6.16 Å². The highest BCUT2D eigenvalue weighted by molar-refractivity contribution is 5.79. The van der Waals surface area contributed by atoms with Crippen molar-refractivity contribution in [2.24, 2.45) is 0 Å². The van der Waals surface area contributed by atoms with E-state index in [0.29, 0.717) is 11.1 Å². The van der Waals surface area contributed by atoms with E-state index in [2.05, 4.69) is 0 Å². The van der Waals surface area contributed by atoms with Crippen LogP contribution in [0.3, 0.4) is 0 Å². The minimum Gasteiger partial charge on any atom is -0.450 e. The van der Waals surface area contributed by atoms with Crippen molar-refractivity contribution in [2.75, 3.05) is 0 Å². The molecule has 0 spiro atoms. The smallest absolute Gasteiger partial charge is 0.450 e. The molecule has 0 unspecified atom stereocenters. The molecule has 5 nitrogen and oxygen atoms in total. The molecule has 0 fully saturated rings. The maximum Gasteiger partial charge on any atom is 0.503 e. The van der Waals surface area contributed by atoms with Gasteiger partial charge in [0.2, 0.25) is 12.6 Å². The third-order valence-electron chi connectivity index (χ3n) is 1.12. The molecule has 72 valence electrons. The normalized spacial score (nSPS) is 8.00. The average Bonchev–Trinajstić information content (AvgIpc) is 2.17. The van der Waals surface area contributed by atoms with Crippen molar-refractivity contribution in [3.05, 3.63) is 35.4 Å². The third-order valence-corrected chi connectivity index (χ3v) is 1.12. The predicted molar refractivity (Wildman–Crippen MR) is 46.7 cm³/mol. The van der Waals surface area contributed by atoms with Crippen molar-refractivity contribution in [3.63, 3.8) is 0 Å². The zero-order chi connectivity index (χ0) is 11.0. The van der Waals surface area contributed by atoms with Gasteiger partial charge in [0.25, 0.3) is 0 Å². The van der Waals surface area contributed by atoms with Crippen molar-refractivity contribution < 1.29 is 24.6 Å². The van der Waals surface area contributed by atoms with Crippen LogP contribution in [0.15, 0.2) is 24.3 Å². The van der Waals surface area contributed by atoms with E-state index < -0.39 is 6.16 Å². The lowest BCUT2D eigenvalue weighted by molar-refractivity contribution is 0.137. The minimum atomic E-state index is -1.83. The Morgan fingerprint density at radius 3 is 1.29 bits per heavy atom. The lowest BCUT2D eigenvalue weighted by atomic mass is 10.2. The number of hydrogen-bond acceptors (Lipinski definition) is 3. The van der Waals surface area contributed by atoms with Gasteiger partial charge in [0.1, 0.15) is 0 Å². The van der Waals surface area contributed by atoms with Crippen molar-refractivity contribution in [3.8, 4) is 0 Å². The second-order valence-corrected chi connectivity index (χ2v) is 2.06. The molecule has 1 aromatic rings. The van der Waals surface area contributed by atoms with Crippen LogP contribution in [0.25, 0.3) is 0 Å². The maximum absolute atomic E-state index is 9.98. The SMILES string of the molecule is O=C(O)O.O=[C]c1ccc([C]=O)cc1. The molecular formula is C9H6O5. The molecule has 2 radical (unpaired) electrons. The summed E-state index contributed by atoms with van der Waals surface area (Å²) >= 11 is 0. The molecule has 14 heavy (non-hydrogen) atoms. The lowest BCUT2D eigenvalue weighted by Crippen LogP contribution is -1.82. The monoisotopic (exact) mass is 194 g/mol. The van der Waals surface area contributed by atoms with Gasteiger partial charge in [0, 0.05) is 11.1 Å². The summed E-state index contributed by atoms with van der Waals surface area (Å²) < 4.78 is 0. The van der Waals surface area contributed by atoms with Gasteiger partial charge in [-0.3, -0.25) is 9.59 Å². The summed E-state index contributed by atoms with van der Waals surface area (Å²) in [6, 6.07) is 6.08. The van der Waals surface area contributed by atoms with Crippen LogP contribution in [0.5, 0.6) is 0 Å². The van der Waals surface area contributed by atoms with Crippen LogP contribution in [0.1, 0.15) is 11.1 Å². The largest absolute Gasteiger partial charge is 0.503 e. The van der Waals surface area contributed by atoms with Gasteiger partial charge in [0.05, 0.1) is 0 Å². The second-order valence-electron chi connectivity index (χ2n) is 2.06. The Labute approximate surface area is 79.6 Å². The van der Waals surface area contributed by atoms with Gasteiger partial charge in [-0.15, -0.1) is 0 Å². The molecule has 5 heteroatoms. The molecule has 0 amide bonds. The quantitative estimate of drug-likeness (QED) is 0.727. The fraction of sp³-hybridized carbons (Fsp3) is 0. The van der Waals surface area contributed by atoms with Crippen LogP contribution in [-0.4, -0.2) is 28.9 Å². The predicted octanol–water partition coefficient (Wildman–Crippen LogP) is 0.825. The summed E-state index contributed by atoms with van der Waals surface area (Å²) in [6.45, 7) is 0. The average molecular weight is 194 g/mol. The van der Waals surface area contributed by atoms with Crippen molar-refractivity contribution in [1.82, 2.24) is 0 Å². The molecule has 0 atom stereocenters. The number of carbonyl (C=O) groups is 1. The number of carboxylic acid groups (broad SMARTS) is 2. The molecule has 2 N–H and O–H groups in total. The van der Waals surface area contributed by atoms with E-state index in [-0.39, 0.29) is 0 Å². The number of rotatable bonds is 2. The molecule has 0 aromatic heterocycles.